The van der Waals surface area contributed by atoms with Gasteiger partial charge in [0.15, 0.2) is 0 Å². The smallest absolute Gasteiger partial charge is 0.370 e. The van der Waals surface area contributed by atoms with Gasteiger partial charge in [0.25, 0.3) is 0 Å². The molecule has 9 heteroatoms. The zero-order chi connectivity index (χ0) is 24.8. The summed E-state index contributed by atoms with van der Waals surface area (Å²) in [5.41, 5.74) is -1.37. The molecule has 5 rings (SSSR count). The zero-order valence-electron chi connectivity index (χ0n) is 19.7. The molecule has 1 spiro atoms. The van der Waals surface area contributed by atoms with E-state index in [1.165, 1.54) is 6.07 Å². The van der Waals surface area contributed by atoms with Crippen molar-refractivity contribution in [3.63, 3.8) is 0 Å². The summed E-state index contributed by atoms with van der Waals surface area (Å²) in [5.74, 6) is -0.0577. The molecule has 2 aliphatic carbocycles. The van der Waals surface area contributed by atoms with Crippen molar-refractivity contribution >= 4 is 17.5 Å². The standard InChI is InChI=1S/C26H31F3N4O2/c27-26(28,29)21-13-20(8-5-18(21)14-30)33-15-22(23(34)31-19-6-7-19)25(16-33)9-11-32(12-10-25)24(35)17-3-1-2-4-17/h5,8,13,17,19,22H,1-4,6-7,9-12,15-16H2,(H,31,34). The summed E-state index contributed by atoms with van der Waals surface area (Å²) in [5, 5.41) is 12.2. The van der Waals surface area contributed by atoms with Crippen LogP contribution in [0.5, 0.6) is 0 Å². The maximum Gasteiger partial charge on any atom is 0.417 e. The Kier molecular flexibility index (Phi) is 6.18. The van der Waals surface area contributed by atoms with Gasteiger partial charge in [0.2, 0.25) is 11.8 Å². The largest absolute Gasteiger partial charge is 0.417 e. The van der Waals surface area contributed by atoms with Crippen LogP contribution in [0.4, 0.5) is 18.9 Å². The first-order valence-electron chi connectivity index (χ1n) is 12.7. The lowest BCUT2D eigenvalue weighted by Gasteiger charge is -2.42. The maximum absolute atomic E-state index is 13.6. The predicted octanol–water partition coefficient (Wildman–Crippen LogP) is 4.09. The van der Waals surface area contributed by atoms with Crippen LogP contribution in [-0.4, -0.2) is 48.9 Å². The minimum atomic E-state index is -4.63. The molecular formula is C26H31F3N4O2. The van der Waals surface area contributed by atoms with Gasteiger partial charge in [0, 0.05) is 49.2 Å². The van der Waals surface area contributed by atoms with Crippen molar-refractivity contribution in [3.8, 4) is 6.07 Å². The molecule has 2 heterocycles. The molecule has 6 nitrogen and oxygen atoms in total. The summed E-state index contributed by atoms with van der Waals surface area (Å²) in [6.45, 7) is 1.96. The van der Waals surface area contributed by atoms with Crippen LogP contribution >= 0.6 is 0 Å². The lowest BCUT2D eigenvalue weighted by molar-refractivity contribution is -0.139. The Hall–Kier alpha value is -2.76. The Balaban J connectivity index is 1.37. The number of carbonyl (C=O) groups excluding carboxylic acids is 2. The van der Waals surface area contributed by atoms with Gasteiger partial charge in [-0.05, 0) is 56.7 Å². The van der Waals surface area contributed by atoms with E-state index in [0.29, 0.717) is 44.7 Å². The molecule has 2 aliphatic heterocycles. The number of piperidine rings is 1. The number of alkyl halides is 3. The molecule has 0 bridgehead atoms. The fourth-order valence-electron chi connectivity index (χ4n) is 6.23. The van der Waals surface area contributed by atoms with Crippen LogP contribution in [0, 0.1) is 28.6 Å². The highest BCUT2D eigenvalue weighted by Crippen LogP contribution is 2.47. The molecule has 4 aliphatic rings. The summed E-state index contributed by atoms with van der Waals surface area (Å²) in [6.07, 6.45) is 2.69. The van der Waals surface area contributed by atoms with E-state index in [1.807, 2.05) is 9.80 Å². The Labute approximate surface area is 203 Å². The highest BCUT2D eigenvalue weighted by atomic mass is 19.4. The number of hydrogen-bond acceptors (Lipinski definition) is 4. The van der Waals surface area contributed by atoms with Crippen molar-refractivity contribution in [1.29, 1.82) is 5.26 Å². The Morgan fingerprint density at radius 2 is 1.77 bits per heavy atom. The second-order valence-corrected chi connectivity index (χ2v) is 10.7. The number of likely N-dealkylation sites (tertiary alicyclic amines) is 1. The quantitative estimate of drug-likeness (QED) is 0.693. The lowest BCUT2D eigenvalue weighted by Crippen LogP contribution is -2.50. The number of nitrogens with zero attached hydrogens (tertiary/aromatic N) is 3. The van der Waals surface area contributed by atoms with Crippen molar-refractivity contribution in [2.24, 2.45) is 17.3 Å². The minimum absolute atomic E-state index is 0.0322. The molecule has 1 N–H and O–H groups in total. The van der Waals surface area contributed by atoms with E-state index < -0.39 is 22.7 Å². The third-order valence-electron chi connectivity index (χ3n) is 8.46. The second-order valence-electron chi connectivity index (χ2n) is 10.7. The summed E-state index contributed by atoms with van der Waals surface area (Å²) in [7, 11) is 0. The van der Waals surface area contributed by atoms with Gasteiger partial charge >= 0.3 is 6.18 Å². The van der Waals surface area contributed by atoms with Crippen LogP contribution in [0.25, 0.3) is 0 Å². The van der Waals surface area contributed by atoms with E-state index in [4.69, 9.17) is 5.26 Å². The Bertz CT molecular complexity index is 1030. The monoisotopic (exact) mass is 488 g/mol. The van der Waals surface area contributed by atoms with Gasteiger partial charge in [0.1, 0.15) is 0 Å². The van der Waals surface area contributed by atoms with Gasteiger partial charge in [-0.25, -0.2) is 0 Å². The zero-order valence-corrected chi connectivity index (χ0v) is 19.7. The van der Waals surface area contributed by atoms with Gasteiger partial charge in [-0.1, -0.05) is 12.8 Å². The first-order valence-corrected chi connectivity index (χ1v) is 12.7. The number of anilines is 1. The van der Waals surface area contributed by atoms with E-state index in [9.17, 15) is 22.8 Å². The topological polar surface area (TPSA) is 76.4 Å². The van der Waals surface area contributed by atoms with Gasteiger partial charge in [-0.15, -0.1) is 0 Å². The molecule has 2 amide bonds. The molecule has 2 saturated heterocycles. The van der Waals surface area contributed by atoms with Gasteiger partial charge in [-0.2, -0.15) is 18.4 Å². The van der Waals surface area contributed by atoms with E-state index in [-0.39, 0.29) is 29.7 Å². The number of nitriles is 1. The molecule has 1 aromatic rings. The molecular weight excluding hydrogens is 457 g/mol. The van der Waals surface area contributed by atoms with Crippen molar-refractivity contribution < 1.29 is 22.8 Å². The van der Waals surface area contributed by atoms with E-state index in [1.54, 1.807) is 12.1 Å². The first kappa shape index (κ1) is 24.0. The van der Waals surface area contributed by atoms with Crippen molar-refractivity contribution in [2.45, 2.75) is 63.6 Å². The summed E-state index contributed by atoms with van der Waals surface area (Å²) >= 11 is 0. The molecule has 1 unspecified atom stereocenters. The first-order chi connectivity index (χ1) is 16.7. The van der Waals surface area contributed by atoms with Crippen LogP contribution in [0.3, 0.4) is 0 Å². The highest BCUT2D eigenvalue weighted by molar-refractivity contribution is 5.82. The van der Waals surface area contributed by atoms with E-state index >= 15 is 0 Å². The lowest BCUT2D eigenvalue weighted by atomic mass is 9.70. The molecule has 1 aromatic carbocycles. The number of benzene rings is 1. The van der Waals surface area contributed by atoms with Gasteiger partial charge in [0.05, 0.1) is 23.1 Å². The summed E-state index contributed by atoms with van der Waals surface area (Å²) in [4.78, 5) is 30.0. The van der Waals surface area contributed by atoms with Gasteiger partial charge in [-0.3, -0.25) is 9.59 Å². The summed E-state index contributed by atoms with van der Waals surface area (Å²) in [6, 6.07) is 5.62. The number of amides is 2. The predicted molar refractivity (Wildman–Crippen MR) is 123 cm³/mol. The molecule has 0 radical (unpaired) electrons. The normalized spacial score (nSPS) is 24.6. The Morgan fingerprint density at radius 3 is 2.37 bits per heavy atom. The third kappa shape index (κ3) is 4.72. The van der Waals surface area contributed by atoms with Crippen molar-refractivity contribution in [1.82, 2.24) is 10.2 Å². The number of carbonyl (C=O) groups is 2. The SMILES string of the molecule is N#Cc1ccc(N2CC(C(=O)NC3CC3)C3(CCN(C(=O)C4CCCC4)CC3)C2)cc1C(F)(F)F. The average molecular weight is 489 g/mol. The van der Waals surface area contributed by atoms with Crippen molar-refractivity contribution in [2.75, 3.05) is 31.1 Å². The van der Waals surface area contributed by atoms with E-state index in [2.05, 4.69) is 5.32 Å². The van der Waals surface area contributed by atoms with Crippen LogP contribution < -0.4 is 10.2 Å². The number of nitrogens with one attached hydrogen (secondary N) is 1. The van der Waals surface area contributed by atoms with Crippen LogP contribution in [0.1, 0.15) is 62.5 Å². The maximum atomic E-state index is 13.6. The molecule has 188 valence electrons. The second kappa shape index (κ2) is 9.03. The molecule has 4 fully saturated rings. The minimum Gasteiger partial charge on any atom is -0.370 e. The van der Waals surface area contributed by atoms with E-state index in [0.717, 1.165) is 44.6 Å². The fraction of sp³-hybridized carbons (Fsp3) is 0.654. The molecule has 2 saturated carbocycles. The average Bonchev–Trinajstić information content (AvgIpc) is 3.33. The Morgan fingerprint density at radius 1 is 1.09 bits per heavy atom. The summed E-state index contributed by atoms with van der Waals surface area (Å²) < 4.78 is 40.7. The van der Waals surface area contributed by atoms with Crippen LogP contribution in [-0.2, 0) is 15.8 Å². The van der Waals surface area contributed by atoms with Crippen LogP contribution in [0.15, 0.2) is 18.2 Å². The number of halogens is 3. The van der Waals surface area contributed by atoms with Crippen molar-refractivity contribution in [3.05, 3.63) is 29.3 Å². The van der Waals surface area contributed by atoms with Crippen LogP contribution in [0.2, 0.25) is 0 Å². The molecule has 0 aromatic heterocycles. The molecule has 35 heavy (non-hydrogen) atoms. The number of hydrogen-bond donors (Lipinski definition) is 1. The fourth-order valence-corrected chi connectivity index (χ4v) is 6.23. The van der Waals surface area contributed by atoms with Gasteiger partial charge < -0.3 is 15.1 Å². The third-order valence-corrected chi connectivity index (χ3v) is 8.46. The number of rotatable bonds is 4. The molecule has 1 atom stereocenters. The highest BCUT2D eigenvalue weighted by Gasteiger charge is 2.52.